The van der Waals surface area contributed by atoms with E-state index in [1.807, 2.05) is 18.2 Å². The highest BCUT2D eigenvalue weighted by molar-refractivity contribution is 14.0. The number of hydrogen-bond acceptors (Lipinski definition) is 4. The smallest absolute Gasteiger partial charge is 0.213 e. The van der Waals surface area contributed by atoms with Crippen LogP contribution in [0.3, 0.4) is 0 Å². The lowest BCUT2D eigenvalue weighted by Gasteiger charge is -2.32. The molecule has 1 aliphatic heterocycles. The van der Waals surface area contributed by atoms with E-state index in [0.29, 0.717) is 24.4 Å². The lowest BCUT2D eigenvalue weighted by atomic mass is 10.1. The zero-order valence-corrected chi connectivity index (χ0v) is 21.4. The fraction of sp³-hybridized carbons (Fsp3) is 0.652. The van der Waals surface area contributed by atoms with Gasteiger partial charge in [0.15, 0.2) is 5.96 Å². The highest BCUT2D eigenvalue weighted by Gasteiger charge is 2.19. The average molecular weight is 530 g/mol. The lowest BCUT2D eigenvalue weighted by Crippen LogP contribution is -2.48. The van der Waals surface area contributed by atoms with Gasteiger partial charge in [-0.3, -0.25) is 4.90 Å². The Labute approximate surface area is 200 Å². The van der Waals surface area contributed by atoms with Gasteiger partial charge in [0.25, 0.3) is 0 Å². The number of halogens is 1. The van der Waals surface area contributed by atoms with E-state index < -0.39 is 0 Å². The van der Waals surface area contributed by atoms with Gasteiger partial charge in [-0.25, -0.2) is 9.98 Å². The molecule has 0 saturated carbocycles. The van der Waals surface area contributed by atoms with Crippen LogP contribution in [-0.2, 0) is 6.54 Å². The van der Waals surface area contributed by atoms with E-state index in [9.17, 15) is 0 Å². The van der Waals surface area contributed by atoms with Gasteiger partial charge in [0.2, 0.25) is 5.88 Å². The summed E-state index contributed by atoms with van der Waals surface area (Å²) in [5.74, 6) is 2.16. The third kappa shape index (κ3) is 10.1. The molecular weight excluding hydrogens is 489 g/mol. The molecule has 1 saturated heterocycles. The molecule has 2 rings (SSSR count). The van der Waals surface area contributed by atoms with Crippen LogP contribution in [0.4, 0.5) is 0 Å². The summed E-state index contributed by atoms with van der Waals surface area (Å²) >= 11 is 0. The van der Waals surface area contributed by atoms with Crippen molar-refractivity contribution in [2.75, 3.05) is 26.2 Å². The molecule has 1 fully saturated rings. The first-order valence-corrected chi connectivity index (χ1v) is 11.0. The van der Waals surface area contributed by atoms with E-state index in [4.69, 9.17) is 9.73 Å². The molecule has 0 amide bonds. The van der Waals surface area contributed by atoms with Crippen LogP contribution in [0.1, 0.15) is 52.5 Å². The number of nitrogens with zero attached hydrogens (tertiary/aromatic N) is 3. The monoisotopic (exact) mass is 529 g/mol. The quantitative estimate of drug-likeness (QED) is 0.206. The van der Waals surface area contributed by atoms with Gasteiger partial charge < -0.3 is 15.4 Å². The number of ether oxygens (including phenoxy) is 1. The molecule has 1 aromatic rings. The average Bonchev–Trinajstić information content (AvgIpc) is 2.67. The highest BCUT2D eigenvalue weighted by Crippen LogP contribution is 2.15. The number of hydrogen-bond donors (Lipinski definition) is 2. The predicted molar refractivity (Wildman–Crippen MR) is 137 cm³/mol. The third-order valence-electron chi connectivity index (χ3n) is 5.00. The molecule has 1 aromatic heterocycles. The van der Waals surface area contributed by atoms with Crippen LogP contribution < -0.4 is 15.4 Å². The maximum absolute atomic E-state index is 5.97. The minimum atomic E-state index is 0. The second-order valence-corrected chi connectivity index (χ2v) is 8.26. The topological polar surface area (TPSA) is 61.8 Å². The van der Waals surface area contributed by atoms with Crippen molar-refractivity contribution in [3.05, 3.63) is 36.5 Å². The molecule has 2 N–H and O–H groups in total. The van der Waals surface area contributed by atoms with Crippen LogP contribution >= 0.6 is 24.0 Å². The van der Waals surface area contributed by atoms with Crippen LogP contribution in [0.15, 0.2) is 36.0 Å². The number of likely N-dealkylation sites (tertiary alicyclic amines) is 1. The fourth-order valence-corrected chi connectivity index (χ4v) is 3.66. The van der Waals surface area contributed by atoms with E-state index >= 15 is 0 Å². The Morgan fingerprint density at radius 3 is 2.73 bits per heavy atom. The van der Waals surface area contributed by atoms with Gasteiger partial charge in [-0.05, 0) is 50.7 Å². The summed E-state index contributed by atoms with van der Waals surface area (Å²) in [7, 11) is 0. The molecule has 0 spiro atoms. The maximum Gasteiger partial charge on any atom is 0.213 e. The van der Waals surface area contributed by atoms with Crippen LogP contribution in [0, 0.1) is 5.92 Å². The largest absolute Gasteiger partial charge is 0.475 e. The summed E-state index contributed by atoms with van der Waals surface area (Å²) in [5, 5.41) is 6.96. The molecule has 1 aliphatic rings. The molecule has 170 valence electrons. The molecule has 0 aliphatic carbocycles. The minimum Gasteiger partial charge on any atom is -0.475 e. The SMILES string of the molecule is C=CCN1CCC(NC(=NCc2ccnc(OC(C)CC(C)C)c2)NCC)CC1.I. The second-order valence-electron chi connectivity index (χ2n) is 8.26. The van der Waals surface area contributed by atoms with Crippen LogP contribution in [-0.4, -0.2) is 54.2 Å². The Hall–Kier alpha value is -1.35. The molecule has 0 aromatic carbocycles. The summed E-state index contributed by atoms with van der Waals surface area (Å²) in [6.45, 7) is 17.1. The normalized spacial score (nSPS) is 16.6. The van der Waals surface area contributed by atoms with Gasteiger partial charge in [-0.1, -0.05) is 19.9 Å². The van der Waals surface area contributed by atoms with Gasteiger partial charge in [-0.2, -0.15) is 0 Å². The van der Waals surface area contributed by atoms with E-state index in [1.165, 1.54) is 0 Å². The predicted octanol–water partition coefficient (Wildman–Crippen LogP) is 4.22. The molecule has 0 bridgehead atoms. The molecular formula is C23H40IN5O. The van der Waals surface area contributed by atoms with Crippen molar-refractivity contribution >= 4 is 29.9 Å². The Balaban J connectivity index is 0.00000450. The van der Waals surface area contributed by atoms with Crippen LogP contribution in [0.2, 0.25) is 0 Å². The van der Waals surface area contributed by atoms with Crippen LogP contribution in [0.5, 0.6) is 5.88 Å². The van der Waals surface area contributed by atoms with Gasteiger partial charge in [-0.15, -0.1) is 30.6 Å². The second kappa shape index (κ2) is 14.6. The number of nitrogens with one attached hydrogen (secondary N) is 2. The summed E-state index contributed by atoms with van der Waals surface area (Å²) < 4.78 is 5.97. The van der Waals surface area contributed by atoms with E-state index in [0.717, 1.165) is 57.0 Å². The molecule has 30 heavy (non-hydrogen) atoms. The van der Waals surface area contributed by atoms with Crippen molar-refractivity contribution < 1.29 is 4.74 Å². The molecule has 1 unspecified atom stereocenters. The highest BCUT2D eigenvalue weighted by atomic mass is 127. The van der Waals surface area contributed by atoms with Gasteiger partial charge >= 0.3 is 0 Å². The number of pyridine rings is 1. The van der Waals surface area contributed by atoms with Crippen molar-refractivity contribution in [1.29, 1.82) is 0 Å². The standard InChI is InChI=1S/C23H39N5O.HI/c1-6-12-28-13-9-21(10-14-28)27-23(24-7-2)26-17-20-8-11-25-22(16-20)29-19(5)15-18(3)4;/h6,8,11,16,18-19,21H,1,7,9-10,12-15,17H2,2-5H3,(H2,24,26,27);1H. The summed E-state index contributed by atoms with van der Waals surface area (Å²) in [6.07, 6.45) is 7.21. The summed E-state index contributed by atoms with van der Waals surface area (Å²) in [6, 6.07) is 4.46. The van der Waals surface area contributed by atoms with Gasteiger partial charge in [0, 0.05) is 44.5 Å². The van der Waals surface area contributed by atoms with E-state index in [2.05, 4.69) is 54.8 Å². The number of guanidine groups is 1. The van der Waals surface area contributed by atoms with E-state index in [-0.39, 0.29) is 30.1 Å². The number of aliphatic imine (C=N–C) groups is 1. The Kier molecular flexibility index (Phi) is 13.0. The number of piperidine rings is 1. The number of aromatic nitrogens is 1. The Morgan fingerprint density at radius 1 is 1.37 bits per heavy atom. The molecule has 2 heterocycles. The first-order valence-electron chi connectivity index (χ1n) is 11.0. The zero-order chi connectivity index (χ0) is 21.1. The Morgan fingerprint density at radius 2 is 2.10 bits per heavy atom. The first-order chi connectivity index (χ1) is 14.0. The molecule has 0 radical (unpaired) electrons. The fourth-order valence-electron chi connectivity index (χ4n) is 3.66. The molecule has 6 nitrogen and oxygen atoms in total. The van der Waals surface area contributed by atoms with Crippen LogP contribution in [0.25, 0.3) is 0 Å². The number of rotatable bonds is 10. The van der Waals surface area contributed by atoms with Gasteiger partial charge in [0.1, 0.15) is 0 Å². The molecule has 7 heteroatoms. The third-order valence-corrected chi connectivity index (χ3v) is 5.00. The lowest BCUT2D eigenvalue weighted by molar-refractivity contribution is 0.185. The molecule has 1 atom stereocenters. The Bertz CT molecular complexity index is 644. The van der Waals surface area contributed by atoms with Crippen molar-refractivity contribution in [3.63, 3.8) is 0 Å². The summed E-state index contributed by atoms with van der Waals surface area (Å²) in [5.41, 5.74) is 1.10. The maximum atomic E-state index is 5.97. The van der Waals surface area contributed by atoms with Crippen molar-refractivity contribution in [2.24, 2.45) is 10.9 Å². The summed E-state index contributed by atoms with van der Waals surface area (Å²) in [4.78, 5) is 11.6. The first kappa shape index (κ1) is 26.7. The minimum absolute atomic E-state index is 0. The zero-order valence-electron chi connectivity index (χ0n) is 19.1. The van der Waals surface area contributed by atoms with Crippen molar-refractivity contribution in [1.82, 2.24) is 20.5 Å². The van der Waals surface area contributed by atoms with Gasteiger partial charge in [0.05, 0.1) is 12.6 Å². The van der Waals surface area contributed by atoms with Crippen molar-refractivity contribution in [3.8, 4) is 5.88 Å². The van der Waals surface area contributed by atoms with Crippen molar-refractivity contribution in [2.45, 2.75) is 65.6 Å². The van der Waals surface area contributed by atoms with E-state index in [1.54, 1.807) is 6.20 Å².